The highest BCUT2D eigenvalue weighted by molar-refractivity contribution is 7.09. The minimum Gasteiger partial charge on any atom is -0.478 e. The van der Waals surface area contributed by atoms with Gasteiger partial charge in [0.15, 0.2) is 6.54 Å². The fourth-order valence-electron chi connectivity index (χ4n) is 6.36. The van der Waals surface area contributed by atoms with Crippen LogP contribution in [0.4, 0.5) is 5.82 Å². The summed E-state index contributed by atoms with van der Waals surface area (Å²) in [6, 6.07) is 3.84. The fourth-order valence-corrected chi connectivity index (χ4v) is 7.32. The Balaban J connectivity index is 1.20. The van der Waals surface area contributed by atoms with Crippen molar-refractivity contribution in [3.05, 3.63) is 62.0 Å². The maximum absolute atomic E-state index is 13.6. The van der Waals surface area contributed by atoms with Crippen LogP contribution in [0, 0.1) is 0 Å². The van der Waals surface area contributed by atoms with Crippen LogP contribution in [0.25, 0.3) is 11.7 Å². The number of pyridine rings is 1. The Bertz CT molecular complexity index is 1580. The van der Waals surface area contributed by atoms with Crippen molar-refractivity contribution in [2.24, 2.45) is 0 Å². The largest absolute Gasteiger partial charge is 0.478 e. The first kappa shape index (κ1) is 29.5. The highest BCUT2D eigenvalue weighted by atomic mass is 32.1. The highest BCUT2D eigenvalue weighted by Gasteiger charge is 2.41. The van der Waals surface area contributed by atoms with Gasteiger partial charge in [-0.05, 0) is 36.1 Å². The van der Waals surface area contributed by atoms with E-state index in [1.165, 1.54) is 10.5 Å². The molecule has 43 heavy (non-hydrogen) atoms. The van der Waals surface area contributed by atoms with Gasteiger partial charge in [-0.1, -0.05) is 13.8 Å². The summed E-state index contributed by atoms with van der Waals surface area (Å²) in [5.41, 5.74) is 2.60. The number of carbonyl (C=O) groups excluding carboxylic acids is 1. The van der Waals surface area contributed by atoms with Crippen molar-refractivity contribution in [2.75, 3.05) is 76.9 Å². The molecule has 4 aliphatic rings. The second-order valence-electron chi connectivity index (χ2n) is 12.3. The predicted molar refractivity (Wildman–Crippen MR) is 167 cm³/mol. The molecule has 12 heteroatoms. The van der Waals surface area contributed by atoms with E-state index in [1.807, 2.05) is 21.9 Å². The van der Waals surface area contributed by atoms with E-state index < -0.39 is 5.97 Å². The normalized spacial score (nSPS) is 22.3. The zero-order chi connectivity index (χ0) is 30.1. The second kappa shape index (κ2) is 12.2. The number of rotatable bonds is 9. The van der Waals surface area contributed by atoms with Crippen molar-refractivity contribution in [1.82, 2.24) is 24.2 Å². The number of amides is 1. The van der Waals surface area contributed by atoms with E-state index >= 15 is 0 Å². The van der Waals surface area contributed by atoms with E-state index in [-0.39, 0.29) is 17.0 Å². The molecule has 4 fully saturated rings. The van der Waals surface area contributed by atoms with Crippen molar-refractivity contribution >= 4 is 40.8 Å². The molecule has 0 aliphatic carbocycles. The molecule has 1 N–H and O–H groups in total. The smallest absolute Gasteiger partial charge is 0.328 e. The molecule has 3 aromatic rings. The van der Waals surface area contributed by atoms with Crippen molar-refractivity contribution in [3.8, 4) is 0 Å². The van der Waals surface area contributed by atoms with Crippen molar-refractivity contribution < 1.29 is 19.2 Å². The van der Waals surface area contributed by atoms with Gasteiger partial charge in [-0.25, -0.2) is 14.8 Å². The molecule has 4 saturated heterocycles. The van der Waals surface area contributed by atoms with E-state index in [0.29, 0.717) is 50.1 Å². The van der Waals surface area contributed by atoms with E-state index in [0.717, 1.165) is 78.9 Å². The lowest BCUT2D eigenvalue weighted by atomic mass is 10.1. The van der Waals surface area contributed by atoms with Gasteiger partial charge in [0.2, 0.25) is 0 Å². The molecule has 3 aromatic heterocycles. The maximum atomic E-state index is 13.6. The molecule has 1 amide bonds. The van der Waals surface area contributed by atoms with Crippen LogP contribution >= 0.6 is 11.3 Å². The zero-order valence-corrected chi connectivity index (χ0v) is 25.8. The van der Waals surface area contributed by atoms with Crippen LogP contribution in [0.15, 0.2) is 34.6 Å². The van der Waals surface area contributed by atoms with Crippen molar-refractivity contribution in [3.63, 3.8) is 0 Å². The molecule has 0 saturated carbocycles. The molecular weight excluding hydrogens is 566 g/mol. The molecule has 0 radical (unpaired) electrons. The topological polar surface area (TPSA) is 111 Å². The lowest BCUT2D eigenvalue weighted by Gasteiger charge is -2.50. The van der Waals surface area contributed by atoms with Crippen LogP contribution in [0.5, 0.6) is 0 Å². The number of aromatic nitrogens is 3. The number of quaternary nitrogens is 1. The van der Waals surface area contributed by atoms with E-state index in [9.17, 15) is 19.5 Å². The third kappa shape index (κ3) is 6.36. The van der Waals surface area contributed by atoms with Gasteiger partial charge in [-0.15, -0.1) is 11.3 Å². The summed E-state index contributed by atoms with van der Waals surface area (Å²) in [5, 5.41) is 12.5. The summed E-state index contributed by atoms with van der Waals surface area (Å²) >= 11 is 1.67. The first-order valence-electron chi connectivity index (χ1n) is 15.2. The Morgan fingerprint density at radius 2 is 1.77 bits per heavy atom. The molecule has 4 aliphatic heterocycles. The molecule has 11 nitrogen and oxygen atoms in total. The third-order valence-electron chi connectivity index (χ3n) is 9.17. The van der Waals surface area contributed by atoms with Gasteiger partial charge < -0.3 is 19.4 Å². The average molecular weight is 607 g/mol. The van der Waals surface area contributed by atoms with Crippen LogP contribution in [-0.4, -0.2) is 118 Å². The minimum absolute atomic E-state index is 0.193. The molecule has 0 atom stereocenters. The molecule has 0 unspecified atom stereocenters. The van der Waals surface area contributed by atoms with Crippen LogP contribution in [-0.2, 0) is 22.4 Å². The zero-order valence-electron chi connectivity index (χ0n) is 24.9. The molecule has 0 spiro atoms. The van der Waals surface area contributed by atoms with Crippen LogP contribution < -0.4 is 10.5 Å². The van der Waals surface area contributed by atoms with Crippen LogP contribution in [0.3, 0.4) is 0 Å². The van der Waals surface area contributed by atoms with Crippen molar-refractivity contribution in [1.29, 1.82) is 0 Å². The summed E-state index contributed by atoms with van der Waals surface area (Å²) in [6.07, 6.45) is 5.61. The molecule has 7 heterocycles. The quantitative estimate of drug-likeness (QED) is 0.291. The van der Waals surface area contributed by atoms with Gasteiger partial charge >= 0.3 is 5.97 Å². The molecule has 2 bridgehead atoms. The summed E-state index contributed by atoms with van der Waals surface area (Å²) in [6.45, 7) is 13.3. The van der Waals surface area contributed by atoms with Gasteiger partial charge in [-0.2, -0.15) is 0 Å². The molecule has 0 aromatic carbocycles. The number of thiazole rings is 1. The summed E-state index contributed by atoms with van der Waals surface area (Å²) in [5.74, 6) is -0.0797. The first-order valence-corrected chi connectivity index (χ1v) is 16.1. The number of hydrogen-bond donors (Lipinski definition) is 1. The lowest BCUT2D eigenvalue weighted by molar-refractivity contribution is -0.934. The summed E-state index contributed by atoms with van der Waals surface area (Å²) in [7, 11) is 0. The SMILES string of the molecule is CC(C)c1csc(CCc2ccn3c(=O)c(/C=C/C(=O)O)c(N4CCN(C(=O)C[N+]56CCN(CC5)CC6)CC4)nc3c2)n1. The maximum Gasteiger partial charge on any atom is 0.328 e. The molecule has 228 valence electrons. The predicted octanol–water partition coefficient (Wildman–Crippen LogP) is 1.95. The first-order chi connectivity index (χ1) is 20.7. The number of nitrogens with zero attached hydrogens (tertiary/aromatic N) is 7. The number of fused-ring (bicyclic) bond motifs is 4. The Hall–Kier alpha value is -3.61. The lowest BCUT2D eigenvalue weighted by Crippen LogP contribution is -2.69. The number of hydrogen-bond acceptors (Lipinski definition) is 8. The van der Waals surface area contributed by atoms with E-state index in [4.69, 9.17) is 9.97 Å². The highest BCUT2D eigenvalue weighted by Crippen LogP contribution is 2.24. The fraction of sp³-hybridized carbons (Fsp3) is 0.516. The van der Waals surface area contributed by atoms with Gasteiger partial charge in [0.25, 0.3) is 11.5 Å². The summed E-state index contributed by atoms with van der Waals surface area (Å²) < 4.78 is 2.37. The van der Waals surface area contributed by atoms with Gasteiger partial charge in [0.05, 0.1) is 35.9 Å². The minimum atomic E-state index is -1.13. The van der Waals surface area contributed by atoms with Gasteiger partial charge in [0.1, 0.15) is 11.5 Å². The average Bonchev–Trinajstić information content (AvgIpc) is 3.50. The van der Waals surface area contributed by atoms with E-state index in [1.54, 1.807) is 17.5 Å². The number of carboxylic acids is 1. The Kier molecular flexibility index (Phi) is 8.34. The Morgan fingerprint density at radius 1 is 1.05 bits per heavy atom. The van der Waals surface area contributed by atoms with Crippen LogP contribution in [0.1, 0.15) is 41.6 Å². The number of carbonyl (C=O) groups is 2. The van der Waals surface area contributed by atoms with Gasteiger partial charge in [-0.3, -0.25) is 18.9 Å². The molecular formula is C31H40N7O4S+. The number of aryl methyl sites for hydroxylation is 2. The number of anilines is 1. The molecule has 7 rings (SSSR count). The number of carboxylic acid groups (broad SMARTS) is 1. The number of piperazine rings is 4. The monoisotopic (exact) mass is 606 g/mol. The third-order valence-corrected chi connectivity index (χ3v) is 10.1. The second-order valence-corrected chi connectivity index (χ2v) is 13.2. The van der Waals surface area contributed by atoms with Crippen molar-refractivity contribution in [2.45, 2.75) is 32.6 Å². The van der Waals surface area contributed by atoms with Crippen LogP contribution in [0.2, 0.25) is 0 Å². The Labute approximate surface area is 255 Å². The van der Waals surface area contributed by atoms with E-state index in [2.05, 4.69) is 24.1 Å². The van der Waals surface area contributed by atoms with Gasteiger partial charge in [0, 0.05) is 69.9 Å². The Morgan fingerprint density at radius 3 is 2.42 bits per heavy atom. The standard InChI is InChI=1S/C31H39N7O4S/c1-22(2)25-21-43-27(32-25)5-3-23-7-8-37-26(19-23)33-30(24(31(37)42)4-6-29(40)41)36-11-9-35(10-12-36)28(39)20-38-16-13-34(14-17-38)15-18-38/h4,6-8,19,21-22H,3,5,9-18,20H2,1-2H3/p+1/b6-4+. The summed E-state index contributed by atoms with van der Waals surface area (Å²) in [4.78, 5) is 54.3. The number of aliphatic carboxylic acids is 1.